The molecule has 0 saturated carbocycles. The minimum atomic E-state index is -3.66. The van der Waals surface area contributed by atoms with Gasteiger partial charge in [0.05, 0.1) is 25.0 Å². The number of methoxy groups -OCH3 is 1. The lowest BCUT2D eigenvalue weighted by atomic mass is 9.77. The van der Waals surface area contributed by atoms with Crippen LogP contribution in [-0.4, -0.2) is 50.6 Å². The Bertz CT molecular complexity index is 1070. The van der Waals surface area contributed by atoms with Crippen LogP contribution >= 0.6 is 0 Å². The first-order valence-electron chi connectivity index (χ1n) is 11.6. The molecule has 0 radical (unpaired) electrons. The number of aliphatic carboxylic acids is 1. The molecule has 1 N–H and O–H groups in total. The third-order valence-electron chi connectivity index (χ3n) is 7.07. The highest BCUT2D eigenvalue weighted by molar-refractivity contribution is 7.89. The highest BCUT2D eigenvalue weighted by atomic mass is 32.2. The highest BCUT2D eigenvalue weighted by Gasteiger charge is 2.41. The summed E-state index contributed by atoms with van der Waals surface area (Å²) in [4.78, 5) is 11.8. The lowest BCUT2D eigenvalue weighted by molar-refractivity contribution is -0.141. The molecule has 0 aliphatic carbocycles. The van der Waals surface area contributed by atoms with Crippen molar-refractivity contribution >= 4 is 16.0 Å². The monoisotopic (exact) mass is 489 g/mol. The molecular weight excluding hydrogens is 454 g/mol. The number of nitrogens with zero attached hydrogens (tertiary/aromatic N) is 1. The van der Waals surface area contributed by atoms with Crippen LogP contribution in [0.4, 0.5) is 0 Å². The number of carbonyl (C=O) groups is 1. The van der Waals surface area contributed by atoms with Crippen LogP contribution in [0.2, 0.25) is 0 Å². The van der Waals surface area contributed by atoms with Crippen LogP contribution in [0, 0.1) is 5.41 Å². The number of piperidine rings is 1. The minimum Gasteiger partial charge on any atom is -0.497 e. The Morgan fingerprint density at radius 3 is 2.09 bits per heavy atom. The van der Waals surface area contributed by atoms with Crippen LogP contribution < -0.4 is 9.47 Å². The van der Waals surface area contributed by atoms with Crippen molar-refractivity contribution < 1.29 is 27.8 Å². The smallest absolute Gasteiger partial charge is 0.304 e. The summed E-state index contributed by atoms with van der Waals surface area (Å²) in [6.07, 6.45) is 1.78. The lowest BCUT2D eigenvalue weighted by Crippen LogP contribution is -2.46. The maximum absolute atomic E-state index is 13.1. The van der Waals surface area contributed by atoms with Crippen LogP contribution in [0.1, 0.15) is 52.0 Å². The van der Waals surface area contributed by atoms with E-state index < -0.39 is 21.4 Å². The van der Waals surface area contributed by atoms with Crippen molar-refractivity contribution in [1.29, 1.82) is 0 Å². The molecule has 2 aromatic carbocycles. The van der Waals surface area contributed by atoms with Crippen LogP contribution in [0.3, 0.4) is 0 Å². The van der Waals surface area contributed by atoms with Gasteiger partial charge in [-0.1, -0.05) is 32.9 Å². The van der Waals surface area contributed by atoms with Crippen molar-refractivity contribution in [2.45, 2.75) is 56.8 Å². The van der Waals surface area contributed by atoms with Crippen LogP contribution in [-0.2, 0) is 20.2 Å². The molecular formula is C26H35NO6S. The fraction of sp³-hybridized carbons (Fsp3) is 0.500. The van der Waals surface area contributed by atoms with Crippen LogP contribution in [0.25, 0.3) is 0 Å². The third-order valence-corrected chi connectivity index (χ3v) is 8.98. The van der Waals surface area contributed by atoms with Gasteiger partial charge in [0.2, 0.25) is 10.0 Å². The van der Waals surface area contributed by atoms with E-state index in [1.165, 1.54) is 29.1 Å². The van der Waals surface area contributed by atoms with Gasteiger partial charge in [-0.05, 0) is 66.6 Å². The van der Waals surface area contributed by atoms with E-state index in [-0.39, 0.29) is 36.4 Å². The van der Waals surface area contributed by atoms with Gasteiger partial charge in [0, 0.05) is 18.5 Å². The first-order valence-corrected chi connectivity index (χ1v) is 13.0. The van der Waals surface area contributed by atoms with E-state index in [0.717, 1.165) is 6.42 Å². The summed E-state index contributed by atoms with van der Waals surface area (Å²) in [7, 11) is -2.14. The fourth-order valence-corrected chi connectivity index (χ4v) is 5.67. The van der Waals surface area contributed by atoms with Gasteiger partial charge in [0.25, 0.3) is 0 Å². The number of carboxylic acids is 1. The molecule has 1 aliphatic rings. The molecule has 34 heavy (non-hydrogen) atoms. The zero-order chi connectivity index (χ0) is 25.0. The Balaban J connectivity index is 1.69. The van der Waals surface area contributed by atoms with Gasteiger partial charge >= 0.3 is 5.97 Å². The molecule has 1 heterocycles. The van der Waals surface area contributed by atoms with Gasteiger partial charge in [-0.25, -0.2) is 8.42 Å². The Morgan fingerprint density at radius 2 is 1.59 bits per heavy atom. The topological polar surface area (TPSA) is 93.1 Å². The van der Waals surface area contributed by atoms with Gasteiger partial charge < -0.3 is 14.6 Å². The Labute approximate surface area is 202 Å². The average molecular weight is 490 g/mol. The van der Waals surface area contributed by atoms with Gasteiger partial charge in [0.15, 0.2) is 0 Å². The number of hydrogen-bond donors (Lipinski definition) is 1. The average Bonchev–Trinajstić information content (AvgIpc) is 2.83. The van der Waals surface area contributed by atoms with Gasteiger partial charge in [-0.2, -0.15) is 4.31 Å². The highest BCUT2D eigenvalue weighted by Crippen LogP contribution is 2.38. The zero-order valence-corrected chi connectivity index (χ0v) is 21.2. The van der Waals surface area contributed by atoms with E-state index >= 15 is 0 Å². The fourth-order valence-electron chi connectivity index (χ4n) is 4.23. The Hall–Kier alpha value is -2.58. The largest absolute Gasteiger partial charge is 0.497 e. The predicted octanol–water partition coefficient (Wildman–Crippen LogP) is 4.71. The number of benzene rings is 2. The van der Waals surface area contributed by atoms with Crippen molar-refractivity contribution in [3.05, 3.63) is 54.1 Å². The summed E-state index contributed by atoms with van der Waals surface area (Å²) < 4.78 is 38.7. The van der Waals surface area contributed by atoms with Gasteiger partial charge in [-0.3, -0.25) is 4.79 Å². The number of carboxylic acid groups (broad SMARTS) is 1. The van der Waals surface area contributed by atoms with E-state index in [9.17, 15) is 18.3 Å². The minimum absolute atomic E-state index is 0.0651. The van der Waals surface area contributed by atoms with Crippen molar-refractivity contribution in [3.63, 3.8) is 0 Å². The quantitative estimate of drug-likeness (QED) is 0.520. The molecule has 0 unspecified atom stereocenters. The number of rotatable bonds is 10. The Morgan fingerprint density at radius 1 is 1.03 bits per heavy atom. The van der Waals surface area contributed by atoms with Crippen molar-refractivity contribution in [2.24, 2.45) is 5.41 Å². The number of ether oxygens (including phenoxy) is 2. The SMILES string of the molecule is CCC(C)(C)c1ccc(OCC2(CC(=O)O)CCN(S(=O)(=O)c3ccc(OC)cc3)CC2)cc1. The van der Waals surface area contributed by atoms with Crippen LogP contribution in [0.15, 0.2) is 53.4 Å². The normalized spacial score (nSPS) is 16.7. The molecule has 0 atom stereocenters. The number of sulfonamides is 1. The van der Waals surface area contributed by atoms with E-state index in [2.05, 4.69) is 20.8 Å². The van der Waals surface area contributed by atoms with Crippen LogP contribution in [0.5, 0.6) is 11.5 Å². The lowest BCUT2D eigenvalue weighted by Gasteiger charge is -2.40. The second kappa shape index (κ2) is 10.4. The Kier molecular flexibility index (Phi) is 7.93. The molecule has 0 bridgehead atoms. The standard InChI is InChI=1S/C26H35NO6S/c1-5-25(2,3)20-6-8-22(9-7-20)33-19-26(18-24(28)29)14-16-27(17-15-26)34(30,31)23-12-10-21(32-4)11-13-23/h6-13H,5,14-19H2,1-4H3,(H,28,29). The molecule has 0 spiro atoms. The molecule has 8 heteroatoms. The molecule has 186 valence electrons. The summed E-state index contributed by atoms with van der Waals surface area (Å²) in [6.45, 7) is 7.26. The van der Waals surface area contributed by atoms with E-state index in [0.29, 0.717) is 24.3 Å². The summed E-state index contributed by atoms with van der Waals surface area (Å²) in [5.41, 5.74) is 0.671. The summed E-state index contributed by atoms with van der Waals surface area (Å²) in [5, 5.41) is 9.54. The van der Waals surface area contributed by atoms with E-state index in [1.54, 1.807) is 12.1 Å². The first-order chi connectivity index (χ1) is 16.0. The molecule has 2 aromatic rings. The number of hydrogen-bond acceptors (Lipinski definition) is 5. The molecule has 1 fully saturated rings. The predicted molar refractivity (Wildman–Crippen MR) is 131 cm³/mol. The van der Waals surface area contributed by atoms with E-state index in [4.69, 9.17) is 9.47 Å². The third kappa shape index (κ3) is 5.91. The molecule has 1 saturated heterocycles. The van der Waals surface area contributed by atoms with Crippen molar-refractivity contribution in [2.75, 3.05) is 26.8 Å². The second-order valence-electron chi connectivity index (χ2n) is 9.70. The van der Waals surface area contributed by atoms with E-state index in [1.807, 2.05) is 24.3 Å². The van der Waals surface area contributed by atoms with Crippen molar-refractivity contribution in [1.82, 2.24) is 4.31 Å². The molecule has 0 aromatic heterocycles. The molecule has 3 rings (SSSR count). The van der Waals surface area contributed by atoms with Gasteiger partial charge in [-0.15, -0.1) is 0 Å². The maximum atomic E-state index is 13.1. The molecule has 7 nitrogen and oxygen atoms in total. The molecule has 1 aliphatic heterocycles. The summed E-state index contributed by atoms with van der Waals surface area (Å²) >= 11 is 0. The second-order valence-corrected chi connectivity index (χ2v) is 11.6. The summed E-state index contributed by atoms with van der Waals surface area (Å²) in [6, 6.07) is 14.2. The van der Waals surface area contributed by atoms with Crippen molar-refractivity contribution in [3.8, 4) is 11.5 Å². The first kappa shape index (κ1) is 26.0. The maximum Gasteiger partial charge on any atom is 0.304 e. The van der Waals surface area contributed by atoms with Gasteiger partial charge in [0.1, 0.15) is 11.5 Å². The summed E-state index contributed by atoms with van der Waals surface area (Å²) in [5.74, 6) is 0.366. The zero-order valence-electron chi connectivity index (χ0n) is 20.4. The molecule has 0 amide bonds.